The van der Waals surface area contributed by atoms with E-state index in [9.17, 15) is 14.4 Å². The molecule has 1 atom stereocenters. The number of ether oxygens (including phenoxy) is 2. The molecule has 1 saturated heterocycles. The van der Waals surface area contributed by atoms with Crippen molar-refractivity contribution in [3.8, 4) is 0 Å². The first-order valence-corrected chi connectivity index (χ1v) is 16.7. The second kappa shape index (κ2) is 13.7. The molecule has 250 valence electrons. The van der Waals surface area contributed by atoms with Gasteiger partial charge in [-0.15, -0.1) is 5.10 Å². The zero-order valence-electron chi connectivity index (χ0n) is 27.7. The number of nitrogens with zero attached hydrogens (tertiary/aromatic N) is 4. The number of hydrogen-bond donors (Lipinski definition) is 1. The summed E-state index contributed by atoms with van der Waals surface area (Å²) in [6.45, 7) is 8.66. The number of alkyl carbamates (subject to hydrolysis) is 1. The van der Waals surface area contributed by atoms with Gasteiger partial charge in [-0.05, 0) is 68.5 Å². The van der Waals surface area contributed by atoms with Crippen LogP contribution in [-0.4, -0.2) is 57.6 Å². The Morgan fingerprint density at radius 3 is 2.52 bits per heavy atom. The fraction of sp³-hybridized carbons (Fsp3) is 0.351. The SMILES string of the molecule is CCOC(=O)c1cn2nc(N3CCC[C@@H](NC(=O)OC(C)(C)C)C3)c(Cc3ccccc3Cl)c2c(=O)n1Cc1cccc2ccccc12. The van der Waals surface area contributed by atoms with Gasteiger partial charge in [0.15, 0.2) is 5.82 Å². The average molecular weight is 670 g/mol. The van der Waals surface area contributed by atoms with Crippen LogP contribution in [0.5, 0.6) is 0 Å². The minimum Gasteiger partial charge on any atom is -0.461 e. The molecule has 0 spiro atoms. The molecule has 0 aliphatic carbocycles. The summed E-state index contributed by atoms with van der Waals surface area (Å²) in [6, 6.07) is 21.2. The Hall–Kier alpha value is -4.83. The van der Waals surface area contributed by atoms with Crippen molar-refractivity contribution in [3.63, 3.8) is 0 Å². The highest BCUT2D eigenvalue weighted by Gasteiger charge is 2.30. The number of halogens is 1. The molecule has 1 N–H and O–H groups in total. The van der Waals surface area contributed by atoms with Crippen molar-refractivity contribution in [3.05, 3.63) is 111 Å². The molecule has 6 rings (SSSR count). The number of rotatable bonds is 8. The van der Waals surface area contributed by atoms with Gasteiger partial charge in [0, 0.05) is 36.1 Å². The number of nitrogens with one attached hydrogen (secondary N) is 1. The van der Waals surface area contributed by atoms with Crippen LogP contribution in [0.2, 0.25) is 5.02 Å². The lowest BCUT2D eigenvalue weighted by atomic mass is 10.0. The van der Waals surface area contributed by atoms with Crippen LogP contribution < -0.4 is 15.8 Å². The van der Waals surface area contributed by atoms with Gasteiger partial charge in [-0.3, -0.25) is 9.36 Å². The molecule has 0 unspecified atom stereocenters. The first kappa shape index (κ1) is 33.1. The summed E-state index contributed by atoms with van der Waals surface area (Å²) in [4.78, 5) is 42.8. The first-order chi connectivity index (χ1) is 23.0. The average Bonchev–Trinajstić information content (AvgIpc) is 3.41. The number of benzene rings is 3. The lowest BCUT2D eigenvalue weighted by Crippen LogP contribution is -2.49. The normalized spacial score (nSPS) is 15.1. The maximum absolute atomic E-state index is 14.7. The van der Waals surface area contributed by atoms with E-state index in [0.29, 0.717) is 41.4 Å². The Morgan fingerprint density at radius 2 is 1.75 bits per heavy atom. The zero-order valence-corrected chi connectivity index (χ0v) is 28.4. The summed E-state index contributed by atoms with van der Waals surface area (Å²) in [7, 11) is 0. The molecule has 1 aliphatic rings. The number of fused-ring (bicyclic) bond motifs is 2. The highest BCUT2D eigenvalue weighted by molar-refractivity contribution is 6.31. The van der Waals surface area contributed by atoms with Gasteiger partial charge in [0.1, 0.15) is 16.8 Å². The second-order valence-corrected chi connectivity index (χ2v) is 13.5. The Balaban J connectivity index is 1.49. The minimum absolute atomic E-state index is 0.101. The molecule has 3 aromatic carbocycles. The largest absolute Gasteiger partial charge is 0.461 e. The predicted molar refractivity (Wildman–Crippen MR) is 187 cm³/mol. The van der Waals surface area contributed by atoms with E-state index in [4.69, 9.17) is 26.2 Å². The number of aromatic nitrogens is 3. The Bertz CT molecular complexity index is 2040. The number of amides is 1. The zero-order chi connectivity index (χ0) is 34.0. The predicted octanol–water partition coefficient (Wildman–Crippen LogP) is 6.61. The van der Waals surface area contributed by atoms with Gasteiger partial charge in [-0.2, -0.15) is 0 Å². The van der Waals surface area contributed by atoms with Crippen LogP contribution in [0.25, 0.3) is 16.3 Å². The summed E-state index contributed by atoms with van der Waals surface area (Å²) >= 11 is 6.65. The van der Waals surface area contributed by atoms with Gasteiger partial charge < -0.3 is 19.7 Å². The summed E-state index contributed by atoms with van der Waals surface area (Å²) in [5.41, 5.74) is 1.88. The highest BCUT2D eigenvalue weighted by Crippen LogP contribution is 2.31. The summed E-state index contributed by atoms with van der Waals surface area (Å²) in [6.07, 6.45) is 3.00. The Labute approximate surface area is 284 Å². The molecule has 5 aromatic rings. The molecule has 1 fully saturated rings. The number of piperidine rings is 1. The minimum atomic E-state index is -0.620. The van der Waals surface area contributed by atoms with E-state index in [1.54, 1.807) is 13.1 Å². The Morgan fingerprint density at radius 1 is 1.02 bits per heavy atom. The molecule has 0 bridgehead atoms. The van der Waals surface area contributed by atoms with Crippen molar-refractivity contribution in [1.82, 2.24) is 19.5 Å². The number of anilines is 1. The number of hydrogen-bond acceptors (Lipinski definition) is 7. The van der Waals surface area contributed by atoms with Gasteiger partial charge in [0.2, 0.25) is 0 Å². The van der Waals surface area contributed by atoms with Crippen LogP contribution in [0, 0.1) is 0 Å². The third kappa shape index (κ3) is 7.04. The topological polar surface area (TPSA) is 107 Å². The van der Waals surface area contributed by atoms with Crippen molar-refractivity contribution in [1.29, 1.82) is 0 Å². The van der Waals surface area contributed by atoms with E-state index in [-0.39, 0.29) is 30.4 Å². The smallest absolute Gasteiger partial charge is 0.407 e. The van der Waals surface area contributed by atoms with Crippen molar-refractivity contribution in [2.75, 3.05) is 24.6 Å². The molecular weight excluding hydrogens is 630 g/mol. The third-order valence-corrected chi connectivity index (χ3v) is 8.80. The van der Waals surface area contributed by atoms with Gasteiger partial charge in [-0.25, -0.2) is 14.1 Å². The molecule has 11 heteroatoms. The van der Waals surface area contributed by atoms with Crippen LogP contribution in [0.1, 0.15) is 67.7 Å². The molecule has 1 amide bonds. The van der Waals surface area contributed by atoms with Crippen molar-refractivity contribution in [2.24, 2.45) is 0 Å². The fourth-order valence-corrected chi connectivity index (χ4v) is 6.54. The monoisotopic (exact) mass is 669 g/mol. The molecule has 48 heavy (non-hydrogen) atoms. The summed E-state index contributed by atoms with van der Waals surface area (Å²) < 4.78 is 13.9. The highest BCUT2D eigenvalue weighted by atomic mass is 35.5. The van der Waals surface area contributed by atoms with Crippen molar-refractivity contribution < 1.29 is 19.1 Å². The molecular formula is C37H40ClN5O5. The molecule has 2 aromatic heterocycles. The molecule has 3 heterocycles. The van der Waals surface area contributed by atoms with Crippen molar-refractivity contribution >= 4 is 45.8 Å². The number of carbonyl (C=O) groups is 2. The summed E-state index contributed by atoms with van der Waals surface area (Å²) in [5.74, 6) is -0.0125. The second-order valence-electron chi connectivity index (χ2n) is 13.1. The first-order valence-electron chi connectivity index (χ1n) is 16.3. The van der Waals surface area contributed by atoms with Crippen LogP contribution in [0.4, 0.5) is 10.6 Å². The van der Waals surface area contributed by atoms with Crippen LogP contribution >= 0.6 is 11.6 Å². The third-order valence-electron chi connectivity index (χ3n) is 8.43. The van der Waals surface area contributed by atoms with Crippen LogP contribution in [0.15, 0.2) is 77.7 Å². The van der Waals surface area contributed by atoms with E-state index in [2.05, 4.69) is 10.2 Å². The summed E-state index contributed by atoms with van der Waals surface area (Å²) in [5, 5.41) is 10.5. The van der Waals surface area contributed by atoms with Crippen LogP contribution in [0.3, 0.4) is 0 Å². The van der Waals surface area contributed by atoms with E-state index >= 15 is 0 Å². The molecule has 1 aliphatic heterocycles. The van der Waals surface area contributed by atoms with E-state index in [1.807, 2.05) is 87.5 Å². The van der Waals surface area contributed by atoms with Gasteiger partial charge in [0.25, 0.3) is 5.56 Å². The number of esters is 1. The maximum Gasteiger partial charge on any atom is 0.407 e. The van der Waals surface area contributed by atoms with E-state index in [0.717, 1.165) is 34.7 Å². The Kier molecular flexibility index (Phi) is 9.46. The van der Waals surface area contributed by atoms with Gasteiger partial charge in [-0.1, -0.05) is 72.3 Å². The van der Waals surface area contributed by atoms with Gasteiger partial charge >= 0.3 is 12.1 Å². The number of carbonyl (C=O) groups excluding carboxylic acids is 2. The van der Waals surface area contributed by atoms with Gasteiger partial charge in [0.05, 0.1) is 19.3 Å². The molecule has 0 radical (unpaired) electrons. The molecule has 0 saturated carbocycles. The van der Waals surface area contributed by atoms with Crippen LogP contribution in [-0.2, 0) is 22.4 Å². The lowest BCUT2D eigenvalue weighted by Gasteiger charge is -2.34. The van der Waals surface area contributed by atoms with E-state index in [1.165, 1.54) is 9.08 Å². The van der Waals surface area contributed by atoms with E-state index < -0.39 is 17.7 Å². The lowest BCUT2D eigenvalue weighted by molar-refractivity contribution is 0.0493. The standard InChI is InChI=1S/C37H40ClN5O5/c1-5-47-35(45)31-23-43-32(34(44)42(31)21-26-15-10-14-24-12-6-8-17-28(24)26)29(20-25-13-7-9-18-30(25)38)33(40-43)41-19-11-16-27(22-41)39-36(46)48-37(2,3)4/h6-10,12-15,17-18,23,27H,5,11,16,19-22H2,1-4H3,(H,39,46)/t27-/m1/s1. The van der Waals surface area contributed by atoms with Crippen molar-refractivity contribution in [2.45, 2.75) is 65.1 Å². The maximum atomic E-state index is 14.7. The quantitative estimate of drug-likeness (QED) is 0.185. The fourth-order valence-electron chi connectivity index (χ4n) is 6.34. The molecule has 10 nitrogen and oxygen atoms in total.